The van der Waals surface area contributed by atoms with Crippen molar-refractivity contribution in [3.63, 3.8) is 0 Å². The van der Waals surface area contributed by atoms with E-state index in [2.05, 4.69) is 15.9 Å². The first-order valence-corrected chi connectivity index (χ1v) is 5.66. The Morgan fingerprint density at radius 2 is 1.82 bits per heavy atom. The second-order valence-corrected chi connectivity index (χ2v) is 4.51. The Morgan fingerprint density at radius 3 is 2.24 bits per heavy atom. The molecule has 0 fully saturated rings. The van der Waals surface area contributed by atoms with E-state index in [9.17, 15) is 13.2 Å². The van der Waals surface area contributed by atoms with Gasteiger partial charge in [0.1, 0.15) is 0 Å². The molecule has 17 heavy (non-hydrogen) atoms. The zero-order chi connectivity index (χ0) is 13.2. The summed E-state index contributed by atoms with van der Waals surface area (Å²) >= 11 is 3.04. The topological polar surface area (TPSA) is 18.5 Å². The molecule has 0 radical (unpaired) electrons. The van der Waals surface area contributed by atoms with Gasteiger partial charge in [0, 0.05) is 0 Å². The number of ether oxygens (including phenoxy) is 2. The predicted molar refractivity (Wildman–Crippen MR) is 61.5 cm³/mol. The highest BCUT2D eigenvalue weighted by atomic mass is 79.9. The molecular formula is C11H12BrF3O2. The lowest BCUT2D eigenvalue weighted by molar-refractivity contribution is -0.137. The van der Waals surface area contributed by atoms with Gasteiger partial charge >= 0.3 is 6.18 Å². The van der Waals surface area contributed by atoms with E-state index < -0.39 is 11.7 Å². The molecule has 0 saturated heterocycles. The zero-order valence-corrected chi connectivity index (χ0v) is 11.1. The van der Waals surface area contributed by atoms with Crippen molar-refractivity contribution in [2.75, 3.05) is 7.11 Å². The highest BCUT2D eigenvalue weighted by Gasteiger charge is 2.32. The third-order valence-electron chi connectivity index (χ3n) is 1.90. The van der Waals surface area contributed by atoms with Crippen LogP contribution in [-0.2, 0) is 6.18 Å². The SMILES string of the molecule is COc1c(Br)cc(C(F)(F)F)cc1OC(C)C. The molecule has 0 heterocycles. The molecule has 0 aliphatic carbocycles. The van der Waals surface area contributed by atoms with Gasteiger partial charge in [-0.15, -0.1) is 0 Å². The summed E-state index contributed by atoms with van der Waals surface area (Å²) in [6, 6.07) is 1.90. The van der Waals surface area contributed by atoms with E-state index in [1.54, 1.807) is 13.8 Å². The largest absolute Gasteiger partial charge is 0.492 e. The summed E-state index contributed by atoms with van der Waals surface area (Å²) in [6.45, 7) is 3.46. The van der Waals surface area contributed by atoms with Gasteiger partial charge in [-0.2, -0.15) is 13.2 Å². The van der Waals surface area contributed by atoms with Crippen molar-refractivity contribution in [1.29, 1.82) is 0 Å². The minimum Gasteiger partial charge on any atom is -0.492 e. The highest BCUT2D eigenvalue weighted by molar-refractivity contribution is 9.10. The summed E-state index contributed by atoms with van der Waals surface area (Å²) in [5, 5.41) is 0. The minimum absolute atomic E-state index is 0.0733. The smallest absolute Gasteiger partial charge is 0.416 e. The van der Waals surface area contributed by atoms with E-state index >= 15 is 0 Å². The molecule has 0 saturated carbocycles. The maximum Gasteiger partial charge on any atom is 0.416 e. The predicted octanol–water partition coefficient (Wildman–Crippen LogP) is 4.26. The van der Waals surface area contributed by atoms with Crippen molar-refractivity contribution >= 4 is 15.9 Å². The third-order valence-corrected chi connectivity index (χ3v) is 2.49. The lowest BCUT2D eigenvalue weighted by atomic mass is 10.2. The molecular weight excluding hydrogens is 301 g/mol. The molecule has 1 rings (SSSR count). The van der Waals surface area contributed by atoms with Gasteiger partial charge in [0.05, 0.1) is 23.2 Å². The van der Waals surface area contributed by atoms with Crippen LogP contribution in [0.15, 0.2) is 16.6 Å². The maximum absolute atomic E-state index is 12.6. The van der Waals surface area contributed by atoms with Crippen LogP contribution in [0.4, 0.5) is 13.2 Å². The van der Waals surface area contributed by atoms with Gasteiger partial charge in [-0.05, 0) is 41.9 Å². The number of methoxy groups -OCH3 is 1. The second kappa shape index (κ2) is 5.16. The van der Waals surface area contributed by atoms with Crippen LogP contribution in [0, 0.1) is 0 Å². The average Bonchev–Trinajstić information content (AvgIpc) is 2.14. The Labute approximate surface area is 106 Å². The monoisotopic (exact) mass is 312 g/mol. The summed E-state index contributed by atoms with van der Waals surface area (Å²) in [5.41, 5.74) is -0.777. The van der Waals surface area contributed by atoms with Crippen molar-refractivity contribution in [2.45, 2.75) is 26.1 Å². The Kier molecular flexibility index (Phi) is 4.30. The first kappa shape index (κ1) is 14.2. The Bertz CT molecular complexity index is 402. The molecule has 0 aliphatic heterocycles. The van der Waals surface area contributed by atoms with Crippen LogP contribution in [0.2, 0.25) is 0 Å². The van der Waals surface area contributed by atoms with Gasteiger partial charge in [-0.3, -0.25) is 0 Å². The fourth-order valence-corrected chi connectivity index (χ4v) is 1.88. The van der Waals surface area contributed by atoms with Gasteiger partial charge in [0.25, 0.3) is 0 Å². The normalized spacial score (nSPS) is 11.8. The van der Waals surface area contributed by atoms with Gasteiger partial charge in [-0.1, -0.05) is 0 Å². The summed E-state index contributed by atoms with van der Waals surface area (Å²) in [4.78, 5) is 0. The highest BCUT2D eigenvalue weighted by Crippen LogP contribution is 2.41. The molecule has 0 amide bonds. The quantitative estimate of drug-likeness (QED) is 0.830. The van der Waals surface area contributed by atoms with E-state index in [1.165, 1.54) is 7.11 Å². The molecule has 0 N–H and O–H groups in total. The van der Waals surface area contributed by atoms with E-state index in [4.69, 9.17) is 9.47 Å². The van der Waals surface area contributed by atoms with Crippen LogP contribution < -0.4 is 9.47 Å². The van der Waals surface area contributed by atoms with Crippen LogP contribution in [0.25, 0.3) is 0 Å². The molecule has 0 unspecified atom stereocenters. The Hall–Kier alpha value is -0.910. The van der Waals surface area contributed by atoms with E-state index in [-0.39, 0.29) is 22.1 Å². The van der Waals surface area contributed by atoms with E-state index in [0.29, 0.717) is 0 Å². The molecule has 2 nitrogen and oxygen atoms in total. The van der Waals surface area contributed by atoms with E-state index in [0.717, 1.165) is 12.1 Å². The minimum atomic E-state index is -4.41. The summed E-state index contributed by atoms with van der Waals surface area (Å²) in [6.07, 6.45) is -4.65. The first-order chi connectivity index (χ1) is 7.75. The van der Waals surface area contributed by atoms with Crippen LogP contribution in [0.1, 0.15) is 19.4 Å². The fourth-order valence-electron chi connectivity index (χ4n) is 1.27. The molecule has 1 aromatic rings. The molecule has 96 valence electrons. The van der Waals surface area contributed by atoms with Gasteiger partial charge in [0.15, 0.2) is 11.5 Å². The summed E-state index contributed by atoms with van der Waals surface area (Å²) in [7, 11) is 1.38. The molecule has 1 aromatic carbocycles. The van der Waals surface area contributed by atoms with Gasteiger partial charge in [-0.25, -0.2) is 0 Å². The first-order valence-electron chi connectivity index (χ1n) is 4.87. The average molecular weight is 313 g/mol. The molecule has 0 spiro atoms. The molecule has 0 bridgehead atoms. The molecule has 0 aliphatic rings. The van der Waals surface area contributed by atoms with E-state index in [1.807, 2.05) is 0 Å². The number of halogens is 4. The summed E-state index contributed by atoms with van der Waals surface area (Å²) < 4.78 is 48.3. The van der Waals surface area contributed by atoms with Crippen LogP contribution in [0.3, 0.4) is 0 Å². The summed E-state index contributed by atoms with van der Waals surface area (Å²) in [5.74, 6) is 0.330. The standard InChI is InChI=1S/C11H12BrF3O2/c1-6(2)17-9-5-7(11(13,14)15)4-8(12)10(9)16-3/h4-6H,1-3H3. The third kappa shape index (κ3) is 3.52. The van der Waals surface area contributed by atoms with Gasteiger partial charge in [0.2, 0.25) is 0 Å². The van der Waals surface area contributed by atoms with Crippen LogP contribution in [0.5, 0.6) is 11.5 Å². The van der Waals surface area contributed by atoms with Gasteiger partial charge < -0.3 is 9.47 Å². The molecule has 0 aromatic heterocycles. The lowest BCUT2D eigenvalue weighted by Crippen LogP contribution is -2.10. The number of rotatable bonds is 3. The second-order valence-electron chi connectivity index (χ2n) is 3.65. The zero-order valence-electron chi connectivity index (χ0n) is 9.56. The number of alkyl halides is 3. The maximum atomic E-state index is 12.6. The number of hydrogen-bond donors (Lipinski definition) is 0. The Balaban J connectivity index is 3.28. The van der Waals surface area contributed by atoms with Crippen molar-refractivity contribution in [3.05, 3.63) is 22.2 Å². The van der Waals surface area contributed by atoms with Crippen molar-refractivity contribution < 1.29 is 22.6 Å². The molecule has 0 atom stereocenters. The van der Waals surface area contributed by atoms with Crippen molar-refractivity contribution in [3.8, 4) is 11.5 Å². The van der Waals surface area contributed by atoms with Crippen LogP contribution in [-0.4, -0.2) is 13.2 Å². The Morgan fingerprint density at radius 1 is 1.24 bits per heavy atom. The lowest BCUT2D eigenvalue weighted by Gasteiger charge is -2.17. The fraction of sp³-hybridized carbons (Fsp3) is 0.455. The van der Waals surface area contributed by atoms with Crippen LogP contribution >= 0.6 is 15.9 Å². The molecule has 6 heteroatoms. The van der Waals surface area contributed by atoms with Crippen molar-refractivity contribution in [1.82, 2.24) is 0 Å². The number of benzene rings is 1. The van der Waals surface area contributed by atoms with Crippen molar-refractivity contribution in [2.24, 2.45) is 0 Å². The number of hydrogen-bond acceptors (Lipinski definition) is 2.